The number of nitrogens with zero attached hydrogens (tertiary/aromatic N) is 1. The van der Waals surface area contributed by atoms with E-state index in [4.69, 9.17) is 4.74 Å². The van der Waals surface area contributed by atoms with Crippen LogP contribution in [0.2, 0.25) is 0 Å². The van der Waals surface area contributed by atoms with Crippen LogP contribution in [0.15, 0.2) is 18.2 Å². The van der Waals surface area contributed by atoms with Crippen molar-refractivity contribution >= 4 is 23.9 Å². The molecule has 2 N–H and O–H groups in total. The van der Waals surface area contributed by atoms with Crippen molar-refractivity contribution in [3.05, 3.63) is 33.9 Å². The number of amides is 3. The van der Waals surface area contributed by atoms with Gasteiger partial charge in [-0.05, 0) is 19.1 Å². The molecule has 0 aromatic heterocycles. The van der Waals surface area contributed by atoms with Gasteiger partial charge in [0.2, 0.25) is 0 Å². The van der Waals surface area contributed by atoms with Crippen molar-refractivity contribution in [3.8, 4) is 5.75 Å². The Hall–Kier alpha value is -2.97. The standard InChI is InChI=1S/C12H13N3O6/c1-7(11(17)14-12(18)13-2)21-10-4-3-8(6-16)5-9(10)15(19)20/h3-7H,1-2H3,(H2,13,14,17,18)/t7-/m1/s1. The summed E-state index contributed by atoms with van der Waals surface area (Å²) in [4.78, 5) is 43.4. The maximum Gasteiger partial charge on any atom is 0.321 e. The van der Waals surface area contributed by atoms with E-state index in [1.54, 1.807) is 0 Å². The third-order valence-electron chi connectivity index (χ3n) is 2.45. The highest BCUT2D eigenvalue weighted by Crippen LogP contribution is 2.28. The molecular formula is C12H13N3O6. The van der Waals surface area contributed by atoms with Gasteiger partial charge in [0.1, 0.15) is 6.29 Å². The van der Waals surface area contributed by atoms with E-state index < -0.39 is 28.7 Å². The average Bonchev–Trinajstić information content (AvgIpc) is 2.46. The first-order chi connectivity index (χ1) is 9.88. The Morgan fingerprint density at radius 2 is 2.10 bits per heavy atom. The van der Waals surface area contributed by atoms with Gasteiger partial charge in [0.25, 0.3) is 5.91 Å². The van der Waals surface area contributed by atoms with Gasteiger partial charge in [0, 0.05) is 18.7 Å². The van der Waals surface area contributed by atoms with Crippen molar-refractivity contribution < 1.29 is 24.0 Å². The van der Waals surface area contributed by atoms with Gasteiger partial charge < -0.3 is 10.1 Å². The second-order valence-electron chi connectivity index (χ2n) is 3.93. The first-order valence-corrected chi connectivity index (χ1v) is 5.82. The Morgan fingerprint density at radius 3 is 2.62 bits per heavy atom. The van der Waals surface area contributed by atoms with Gasteiger partial charge in [-0.3, -0.25) is 25.0 Å². The zero-order valence-electron chi connectivity index (χ0n) is 11.3. The fourth-order valence-electron chi connectivity index (χ4n) is 1.37. The number of imide groups is 1. The Bertz CT molecular complexity index is 586. The van der Waals surface area contributed by atoms with Crippen LogP contribution < -0.4 is 15.4 Å². The predicted octanol–water partition coefficient (Wildman–Crippen LogP) is 0.630. The van der Waals surface area contributed by atoms with Crippen molar-refractivity contribution in [3.63, 3.8) is 0 Å². The first-order valence-electron chi connectivity index (χ1n) is 5.82. The third kappa shape index (κ3) is 4.27. The number of benzene rings is 1. The molecule has 0 heterocycles. The number of ether oxygens (including phenoxy) is 1. The highest BCUT2D eigenvalue weighted by molar-refractivity contribution is 5.96. The van der Waals surface area contributed by atoms with Crippen LogP contribution >= 0.6 is 0 Å². The second kappa shape index (κ2) is 6.98. The fraction of sp³-hybridized carbons (Fsp3) is 0.250. The van der Waals surface area contributed by atoms with E-state index in [0.717, 1.165) is 6.07 Å². The summed E-state index contributed by atoms with van der Waals surface area (Å²) in [7, 11) is 1.33. The largest absolute Gasteiger partial charge is 0.474 e. The van der Waals surface area contributed by atoms with Gasteiger partial charge in [0.15, 0.2) is 11.9 Å². The van der Waals surface area contributed by atoms with E-state index in [9.17, 15) is 24.5 Å². The summed E-state index contributed by atoms with van der Waals surface area (Å²) in [5, 5.41) is 15.1. The van der Waals surface area contributed by atoms with Crippen LogP contribution in [0, 0.1) is 10.1 Å². The lowest BCUT2D eigenvalue weighted by atomic mass is 10.2. The topological polar surface area (TPSA) is 128 Å². The van der Waals surface area contributed by atoms with E-state index >= 15 is 0 Å². The molecule has 0 aliphatic carbocycles. The van der Waals surface area contributed by atoms with Gasteiger partial charge in [-0.2, -0.15) is 0 Å². The van der Waals surface area contributed by atoms with Crippen LogP contribution in [0.4, 0.5) is 10.5 Å². The number of rotatable bonds is 5. The molecule has 0 saturated heterocycles. The summed E-state index contributed by atoms with van der Waals surface area (Å²) < 4.78 is 5.16. The number of hydrogen-bond acceptors (Lipinski definition) is 6. The molecule has 0 fully saturated rings. The molecule has 9 heteroatoms. The lowest BCUT2D eigenvalue weighted by Gasteiger charge is -2.14. The first kappa shape index (κ1) is 16.1. The highest BCUT2D eigenvalue weighted by atomic mass is 16.6. The molecule has 0 unspecified atom stereocenters. The van der Waals surface area contributed by atoms with Crippen LogP contribution in [-0.4, -0.2) is 36.3 Å². The van der Waals surface area contributed by atoms with Crippen molar-refractivity contribution in [1.82, 2.24) is 10.6 Å². The molecule has 0 radical (unpaired) electrons. The van der Waals surface area contributed by atoms with Crippen molar-refractivity contribution in [2.75, 3.05) is 7.05 Å². The van der Waals surface area contributed by atoms with Crippen LogP contribution in [-0.2, 0) is 4.79 Å². The normalized spacial score (nSPS) is 11.1. The van der Waals surface area contributed by atoms with Crippen molar-refractivity contribution in [2.24, 2.45) is 0 Å². The average molecular weight is 295 g/mol. The SMILES string of the molecule is CNC(=O)NC(=O)[C@@H](C)Oc1ccc(C=O)cc1[N+](=O)[O-]. The lowest BCUT2D eigenvalue weighted by molar-refractivity contribution is -0.386. The minimum absolute atomic E-state index is 0.108. The molecule has 9 nitrogen and oxygen atoms in total. The van der Waals surface area contributed by atoms with E-state index in [-0.39, 0.29) is 11.3 Å². The molecular weight excluding hydrogens is 282 g/mol. The second-order valence-corrected chi connectivity index (χ2v) is 3.93. The number of carbonyl (C=O) groups is 3. The van der Waals surface area contributed by atoms with E-state index in [1.165, 1.54) is 26.1 Å². The quantitative estimate of drug-likeness (QED) is 0.466. The molecule has 0 bridgehead atoms. The summed E-state index contributed by atoms with van der Waals surface area (Å²) in [5.74, 6) is -0.937. The zero-order chi connectivity index (χ0) is 16.0. The van der Waals surface area contributed by atoms with E-state index in [2.05, 4.69) is 5.32 Å². The number of nitrogens with one attached hydrogen (secondary N) is 2. The number of hydrogen-bond donors (Lipinski definition) is 2. The fourth-order valence-corrected chi connectivity index (χ4v) is 1.37. The molecule has 0 saturated carbocycles. The number of urea groups is 1. The molecule has 21 heavy (non-hydrogen) atoms. The monoisotopic (exact) mass is 295 g/mol. The predicted molar refractivity (Wildman–Crippen MR) is 71.2 cm³/mol. The lowest BCUT2D eigenvalue weighted by Crippen LogP contribution is -2.44. The summed E-state index contributed by atoms with van der Waals surface area (Å²) in [5.41, 5.74) is -0.337. The van der Waals surface area contributed by atoms with Gasteiger partial charge in [-0.25, -0.2) is 4.79 Å². The molecule has 0 aliphatic rings. The molecule has 1 aromatic carbocycles. The maximum atomic E-state index is 11.6. The Morgan fingerprint density at radius 1 is 1.43 bits per heavy atom. The van der Waals surface area contributed by atoms with Crippen LogP contribution in [0.5, 0.6) is 5.75 Å². The van der Waals surface area contributed by atoms with Crippen LogP contribution in [0.3, 0.4) is 0 Å². The number of carbonyl (C=O) groups excluding carboxylic acids is 3. The molecule has 1 rings (SSSR count). The maximum absolute atomic E-state index is 11.6. The highest BCUT2D eigenvalue weighted by Gasteiger charge is 2.22. The molecule has 112 valence electrons. The zero-order valence-corrected chi connectivity index (χ0v) is 11.3. The van der Waals surface area contributed by atoms with Gasteiger partial charge in [-0.1, -0.05) is 0 Å². The van der Waals surface area contributed by atoms with Crippen LogP contribution in [0.1, 0.15) is 17.3 Å². The van der Waals surface area contributed by atoms with Crippen LogP contribution in [0.25, 0.3) is 0 Å². The molecule has 0 spiro atoms. The summed E-state index contributed by atoms with van der Waals surface area (Å²) >= 11 is 0. The summed E-state index contributed by atoms with van der Waals surface area (Å²) in [6.45, 7) is 1.33. The smallest absolute Gasteiger partial charge is 0.321 e. The summed E-state index contributed by atoms with van der Waals surface area (Å²) in [6, 6.07) is 2.84. The van der Waals surface area contributed by atoms with Gasteiger partial charge in [-0.15, -0.1) is 0 Å². The number of nitro benzene ring substituents is 1. The number of aldehydes is 1. The third-order valence-corrected chi connectivity index (χ3v) is 2.45. The minimum Gasteiger partial charge on any atom is -0.474 e. The minimum atomic E-state index is -1.14. The number of nitro groups is 1. The van der Waals surface area contributed by atoms with Crippen molar-refractivity contribution in [2.45, 2.75) is 13.0 Å². The van der Waals surface area contributed by atoms with Gasteiger partial charge >= 0.3 is 11.7 Å². The summed E-state index contributed by atoms with van der Waals surface area (Å²) in [6.07, 6.45) is -0.679. The molecule has 3 amide bonds. The van der Waals surface area contributed by atoms with E-state index in [1.807, 2.05) is 5.32 Å². The van der Waals surface area contributed by atoms with Gasteiger partial charge in [0.05, 0.1) is 4.92 Å². The molecule has 1 atom stereocenters. The Labute approximate surface area is 119 Å². The van der Waals surface area contributed by atoms with E-state index in [0.29, 0.717) is 6.29 Å². The Kier molecular flexibility index (Phi) is 5.35. The van der Waals surface area contributed by atoms with Crippen molar-refractivity contribution in [1.29, 1.82) is 0 Å². The Balaban J connectivity index is 2.91. The molecule has 1 aromatic rings. The molecule has 0 aliphatic heterocycles.